The SMILES string of the molecule is CCc1ccccc1NC(=O)COc1ccc(C=O)cc1. The molecule has 0 heterocycles. The molecule has 0 aliphatic heterocycles. The molecule has 1 amide bonds. The third-order valence-corrected chi connectivity index (χ3v) is 3.06. The maximum absolute atomic E-state index is 11.9. The number of carbonyl (C=O) groups is 2. The Morgan fingerprint density at radius 1 is 1.14 bits per heavy atom. The summed E-state index contributed by atoms with van der Waals surface area (Å²) < 4.78 is 5.39. The van der Waals surface area contributed by atoms with Crippen LogP contribution in [0.2, 0.25) is 0 Å². The van der Waals surface area contributed by atoms with Gasteiger partial charge in [-0.3, -0.25) is 9.59 Å². The van der Waals surface area contributed by atoms with Gasteiger partial charge in [0.25, 0.3) is 5.91 Å². The van der Waals surface area contributed by atoms with Gasteiger partial charge in [-0.2, -0.15) is 0 Å². The van der Waals surface area contributed by atoms with Gasteiger partial charge in [0.1, 0.15) is 12.0 Å². The van der Waals surface area contributed by atoms with Gasteiger partial charge in [0.05, 0.1) is 0 Å². The first-order valence-corrected chi connectivity index (χ1v) is 6.78. The molecule has 0 saturated carbocycles. The number of rotatable bonds is 6. The van der Waals surface area contributed by atoms with Gasteiger partial charge in [0.2, 0.25) is 0 Å². The van der Waals surface area contributed by atoms with Gasteiger partial charge in [-0.1, -0.05) is 25.1 Å². The Morgan fingerprint density at radius 3 is 2.52 bits per heavy atom. The minimum atomic E-state index is -0.213. The summed E-state index contributed by atoms with van der Waals surface area (Å²) in [5, 5.41) is 2.83. The summed E-state index contributed by atoms with van der Waals surface area (Å²) in [7, 11) is 0. The number of aryl methyl sites for hydroxylation is 1. The molecule has 2 aromatic carbocycles. The third kappa shape index (κ3) is 4.18. The molecule has 0 spiro atoms. The summed E-state index contributed by atoms with van der Waals surface area (Å²) in [4.78, 5) is 22.4. The van der Waals surface area contributed by atoms with E-state index in [1.54, 1.807) is 24.3 Å². The van der Waals surface area contributed by atoms with E-state index < -0.39 is 0 Å². The fourth-order valence-electron chi connectivity index (χ4n) is 1.93. The zero-order chi connectivity index (χ0) is 15.1. The molecule has 0 saturated heterocycles. The molecule has 4 heteroatoms. The molecule has 0 atom stereocenters. The molecular formula is C17H17NO3. The summed E-state index contributed by atoms with van der Waals surface area (Å²) in [6.45, 7) is 1.97. The van der Waals surface area contributed by atoms with E-state index in [4.69, 9.17) is 4.74 Å². The largest absolute Gasteiger partial charge is 0.484 e. The second-order valence-electron chi connectivity index (χ2n) is 4.53. The average molecular weight is 283 g/mol. The Hall–Kier alpha value is -2.62. The van der Waals surface area contributed by atoms with Gasteiger partial charge in [-0.05, 0) is 42.3 Å². The third-order valence-electron chi connectivity index (χ3n) is 3.06. The normalized spacial score (nSPS) is 9.95. The average Bonchev–Trinajstić information content (AvgIpc) is 2.54. The van der Waals surface area contributed by atoms with Gasteiger partial charge in [0.15, 0.2) is 6.61 Å². The fraction of sp³-hybridized carbons (Fsp3) is 0.176. The van der Waals surface area contributed by atoms with Crippen molar-refractivity contribution in [1.29, 1.82) is 0 Å². The van der Waals surface area contributed by atoms with E-state index in [-0.39, 0.29) is 12.5 Å². The lowest BCUT2D eigenvalue weighted by Crippen LogP contribution is -2.20. The van der Waals surface area contributed by atoms with Crippen molar-refractivity contribution in [3.63, 3.8) is 0 Å². The molecule has 21 heavy (non-hydrogen) atoms. The highest BCUT2D eigenvalue weighted by atomic mass is 16.5. The number of hydrogen-bond donors (Lipinski definition) is 1. The predicted molar refractivity (Wildman–Crippen MR) is 81.8 cm³/mol. The molecule has 4 nitrogen and oxygen atoms in total. The van der Waals surface area contributed by atoms with Crippen LogP contribution in [0.25, 0.3) is 0 Å². The minimum Gasteiger partial charge on any atom is -0.484 e. The monoisotopic (exact) mass is 283 g/mol. The van der Waals surface area contributed by atoms with Crippen LogP contribution in [0, 0.1) is 0 Å². The molecule has 0 fully saturated rings. The summed E-state index contributed by atoms with van der Waals surface area (Å²) in [6, 6.07) is 14.3. The number of ether oxygens (including phenoxy) is 1. The van der Waals surface area contributed by atoms with Crippen LogP contribution in [0.4, 0.5) is 5.69 Å². The number of carbonyl (C=O) groups excluding carboxylic acids is 2. The standard InChI is InChI=1S/C17H17NO3/c1-2-14-5-3-4-6-16(14)18-17(20)12-21-15-9-7-13(11-19)8-10-15/h3-11H,2,12H2,1H3,(H,18,20). The number of nitrogens with one attached hydrogen (secondary N) is 1. The highest BCUT2D eigenvalue weighted by Gasteiger charge is 2.06. The van der Waals surface area contributed by atoms with Crippen molar-refractivity contribution in [2.75, 3.05) is 11.9 Å². The van der Waals surface area contributed by atoms with Crippen LogP contribution in [0.3, 0.4) is 0 Å². The van der Waals surface area contributed by atoms with Crippen molar-refractivity contribution < 1.29 is 14.3 Å². The van der Waals surface area contributed by atoms with Gasteiger partial charge >= 0.3 is 0 Å². The molecular weight excluding hydrogens is 266 g/mol. The Bertz CT molecular complexity index is 620. The van der Waals surface area contributed by atoms with Crippen molar-refractivity contribution in [2.45, 2.75) is 13.3 Å². The summed E-state index contributed by atoms with van der Waals surface area (Å²) in [6.07, 6.45) is 1.61. The summed E-state index contributed by atoms with van der Waals surface area (Å²) >= 11 is 0. The van der Waals surface area contributed by atoms with Crippen LogP contribution in [0.1, 0.15) is 22.8 Å². The zero-order valence-electron chi connectivity index (χ0n) is 11.8. The van der Waals surface area contributed by atoms with Gasteiger partial charge < -0.3 is 10.1 Å². The first kappa shape index (κ1) is 14.8. The molecule has 108 valence electrons. The second kappa shape index (κ2) is 7.24. The number of anilines is 1. The van der Waals surface area contributed by atoms with Gasteiger partial charge in [-0.25, -0.2) is 0 Å². The lowest BCUT2D eigenvalue weighted by Gasteiger charge is -2.10. The number of benzene rings is 2. The van der Waals surface area contributed by atoms with Crippen LogP contribution in [0.15, 0.2) is 48.5 Å². The van der Waals surface area contributed by atoms with Crippen molar-refractivity contribution in [1.82, 2.24) is 0 Å². The molecule has 0 aromatic heterocycles. The van der Waals surface area contributed by atoms with Crippen LogP contribution in [0.5, 0.6) is 5.75 Å². The van der Waals surface area contributed by atoms with E-state index >= 15 is 0 Å². The van der Waals surface area contributed by atoms with Crippen LogP contribution >= 0.6 is 0 Å². The zero-order valence-corrected chi connectivity index (χ0v) is 11.8. The Labute approximate surface area is 123 Å². The van der Waals surface area contributed by atoms with E-state index in [9.17, 15) is 9.59 Å². The van der Waals surface area contributed by atoms with E-state index in [1.165, 1.54) is 0 Å². The highest BCUT2D eigenvalue weighted by molar-refractivity contribution is 5.92. The maximum Gasteiger partial charge on any atom is 0.262 e. The van der Waals surface area contributed by atoms with E-state index in [0.29, 0.717) is 11.3 Å². The maximum atomic E-state index is 11.9. The molecule has 0 aliphatic rings. The molecule has 0 bridgehead atoms. The topological polar surface area (TPSA) is 55.4 Å². The first-order valence-electron chi connectivity index (χ1n) is 6.78. The molecule has 1 N–H and O–H groups in total. The number of amides is 1. The smallest absolute Gasteiger partial charge is 0.262 e. The van der Waals surface area contributed by atoms with E-state index in [1.807, 2.05) is 31.2 Å². The summed E-state index contributed by atoms with van der Waals surface area (Å²) in [5.41, 5.74) is 2.47. The molecule has 2 rings (SSSR count). The van der Waals surface area contributed by atoms with Crippen molar-refractivity contribution >= 4 is 17.9 Å². The van der Waals surface area contributed by atoms with Crippen molar-refractivity contribution in [3.8, 4) is 5.75 Å². The molecule has 0 unspecified atom stereocenters. The first-order chi connectivity index (χ1) is 10.2. The minimum absolute atomic E-state index is 0.0709. The lowest BCUT2D eigenvalue weighted by atomic mass is 10.1. The van der Waals surface area contributed by atoms with Crippen molar-refractivity contribution in [3.05, 3.63) is 59.7 Å². The number of hydrogen-bond acceptors (Lipinski definition) is 3. The van der Waals surface area contributed by atoms with Gasteiger partial charge in [0, 0.05) is 11.3 Å². The van der Waals surface area contributed by atoms with Gasteiger partial charge in [-0.15, -0.1) is 0 Å². The number of para-hydroxylation sites is 1. The van der Waals surface area contributed by atoms with E-state index in [2.05, 4.69) is 5.32 Å². The predicted octanol–water partition coefficient (Wildman–Crippen LogP) is 3.08. The Kier molecular flexibility index (Phi) is 5.10. The molecule has 0 radical (unpaired) electrons. The fourth-order valence-corrected chi connectivity index (χ4v) is 1.93. The Balaban J connectivity index is 1.91. The van der Waals surface area contributed by atoms with Crippen LogP contribution in [-0.2, 0) is 11.2 Å². The quantitative estimate of drug-likeness (QED) is 0.829. The van der Waals surface area contributed by atoms with E-state index in [0.717, 1.165) is 24.0 Å². The second-order valence-corrected chi connectivity index (χ2v) is 4.53. The van der Waals surface area contributed by atoms with Crippen molar-refractivity contribution in [2.24, 2.45) is 0 Å². The summed E-state index contributed by atoms with van der Waals surface area (Å²) in [5.74, 6) is 0.342. The highest BCUT2D eigenvalue weighted by Crippen LogP contribution is 2.15. The van der Waals surface area contributed by atoms with Crippen LogP contribution < -0.4 is 10.1 Å². The van der Waals surface area contributed by atoms with Crippen LogP contribution in [-0.4, -0.2) is 18.8 Å². The molecule has 0 aliphatic carbocycles. The number of aldehydes is 1. The lowest BCUT2D eigenvalue weighted by molar-refractivity contribution is -0.118. The molecule has 2 aromatic rings. The Morgan fingerprint density at radius 2 is 1.86 bits per heavy atom.